The van der Waals surface area contributed by atoms with Crippen LogP contribution in [0.3, 0.4) is 0 Å². The van der Waals surface area contributed by atoms with Crippen molar-refractivity contribution < 1.29 is 4.79 Å². The Labute approximate surface area is 115 Å². The highest BCUT2D eigenvalue weighted by molar-refractivity contribution is 7.08. The van der Waals surface area contributed by atoms with Crippen LogP contribution in [0.15, 0.2) is 0 Å². The first-order valence-corrected chi connectivity index (χ1v) is 6.61. The number of aromatic nitrogens is 4. The summed E-state index contributed by atoms with van der Waals surface area (Å²) >= 11 is 1.08. The lowest BCUT2D eigenvalue weighted by atomic mass is 10.1. The molecule has 0 bridgehead atoms. The average molecular weight is 280 g/mol. The van der Waals surface area contributed by atoms with Gasteiger partial charge in [0.25, 0.3) is 5.91 Å². The molecule has 0 aliphatic heterocycles. The van der Waals surface area contributed by atoms with E-state index in [1.165, 1.54) is 0 Å². The molecule has 2 aromatic heterocycles. The fourth-order valence-electron chi connectivity index (χ4n) is 1.72. The summed E-state index contributed by atoms with van der Waals surface area (Å²) in [5.74, 6) is 0.379. The van der Waals surface area contributed by atoms with Gasteiger partial charge in [0, 0.05) is 7.05 Å². The summed E-state index contributed by atoms with van der Waals surface area (Å²) in [7, 11) is 1.73. The summed E-state index contributed by atoms with van der Waals surface area (Å²) in [6.45, 7) is 5.73. The number of hydrogen-bond acceptors (Lipinski definition) is 6. The SMILES string of the molecule is Cc1nn(C)c(NC(=O)c2snnc2C(C)C)c1N. The number of nitrogens with zero attached hydrogens (tertiary/aromatic N) is 4. The van der Waals surface area contributed by atoms with E-state index in [-0.39, 0.29) is 11.8 Å². The summed E-state index contributed by atoms with van der Waals surface area (Å²) < 4.78 is 5.38. The number of hydrogen-bond donors (Lipinski definition) is 2. The van der Waals surface area contributed by atoms with E-state index >= 15 is 0 Å². The van der Waals surface area contributed by atoms with Crippen molar-refractivity contribution in [1.82, 2.24) is 19.4 Å². The van der Waals surface area contributed by atoms with Crippen molar-refractivity contribution in [3.8, 4) is 0 Å². The predicted octanol–water partition coefficient (Wildman–Crippen LogP) is 1.54. The quantitative estimate of drug-likeness (QED) is 0.888. The minimum Gasteiger partial charge on any atom is -0.394 e. The van der Waals surface area contributed by atoms with Crippen LogP contribution < -0.4 is 11.1 Å². The van der Waals surface area contributed by atoms with Crippen molar-refractivity contribution in [2.75, 3.05) is 11.1 Å². The maximum absolute atomic E-state index is 12.2. The lowest BCUT2D eigenvalue weighted by molar-refractivity contribution is 0.102. The van der Waals surface area contributed by atoms with Gasteiger partial charge >= 0.3 is 0 Å². The topological polar surface area (TPSA) is 98.7 Å². The van der Waals surface area contributed by atoms with Gasteiger partial charge in [-0.2, -0.15) is 5.10 Å². The second kappa shape index (κ2) is 4.96. The number of carbonyl (C=O) groups is 1. The van der Waals surface area contributed by atoms with Crippen LogP contribution in [0.2, 0.25) is 0 Å². The highest BCUT2D eigenvalue weighted by atomic mass is 32.1. The predicted molar refractivity (Wildman–Crippen MR) is 74.3 cm³/mol. The van der Waals surface area contributed by atoms with E-state index in [0.717, 1.165) is 11.5 Å². The van der Waals surface area contributed by atoms with Crippen LogP contribution in [0.25, 0.3) is 0 Å². The van der Waals surface area contributed by atoms with Crippen LogP contribution in [0.4, 0.5) is 11.5 Å². The molecular formula is C11H16N6OS. The Morgan fingerprint density at radius 2 is 2.16 bits per heavy atom. The van der Waals surface area contributed by atoms with E-state index in [0.29, 0.717) is 27.8 Å². The Hall–Kier alpha value is -1.96. The molecule has 0 aromatic carbocycles. The molecule has 3 N–H and O–H groups in total. The van der Waals surface area contributed by atoms with Gasteiger partial charge in [-0.1, -0.05) is 18.3 Å². The van der Waals surface area contributed by atoms with Gasteiger partial charge in [-0.25, -0.2) is 0 Å². The molecule has 2 rings (SSSR count). The zero-order chi connectivity index (χ0) is 14.2. The number of anilines is 2. The van der Waals surface area contributed by atoms with E-state index in [1.807, 2.05) is 13.8 Å². The Morgan fingerprint density at radius 3 is 2.68 bits per heavy atom. The first kappa shape index (κ1) is 13.5. The number of aryl methyl sites for hydroxylation is 2. The highest BCUT2D eigenvalue weighted by Gasteiger charge is 2.21. The lowest BCUT2D eigenvalue weighted by Crippen LogP contribution is -2.16. The van der Waals surface area contributed by atoms with E-state index in [1.54, 1.807) is 18.7 Å². The Bertz CT molecular complexity index is 615. The average Bonchev–Trinajstić information content (AvgIpc) is 2.90. The maximum atomic E-state index is 12.2. The molecule has 0 aliphatic rings. The van der Waals surface area contributed by atoms with Crippen molar-refractivity contribution in [2.24, 2.45) is 7.05 Å². The van der Waals surface area contributed by atoms with Crippen molar-refractivity contribution in [2.45, 2.75) is 26.7 Å². The van der Waals surface area contributed by atoms with Crippen molar-refractivity contribution in [3.63, 3.8) is 0 Å². The molecule has 0 spiro atoms. The largest absolute Gasteiger partial charge is 0.394 e. The van der Waals surface area contributed by atoms with Gasteiger partial charge in [-0.3, -0.25) is 9.48 Å². The second-order valence-electron chi connectivity index (χ2n) is 4.57. The van der Waals surface area contributed by atoms with E-state index in [2.05, 4.69) is 20.0 Å². The zero-order valence-electron chi connectivity index (χ0n) is 11.3. The van der Waals surface area contributed by atoms with Gasteiger partial charge < -0.3 is 11.1 Å². The zero-order valence-corrected chi connectivity index (χ0v) is 12.1. The monoisotopic (exact) mass is 280 g/mol. The molecule has 2 aromatic rings. The summed E-state index contributed by atoms with van der Waals surface area (Å²) in [5, 5.41) is 10.9. The van der Waals surface area contributed by atoms with Crippen molar-refractivity contribution in [3.05, 3.63) is 16.3 Å². The summed E-state index contributed by atoms with van der Waals surface area (Å²) in [6.07, 6.45) is 0. The van der Waals surface area contributed by atoms with Crippen LogP contribution in [-0.2, 0) is 7.05 Å². The third-order valence-electron chi connectivity index (χ3n) is 2.77. The van der Waals surface area contributed by atoms with E-state index < -0.39 is 0 Å². The number of nitrogens with one attached hydrogen (secondary N) is 1. The molecule has 19 heavy (non-hydrogen) atoms. The van der Waals surface area contributed by atoms with Crippen LogP contribution in [0.1, 0.15) is 40.8 Å². The maximum Gasteiger partial charge on any atom is 0.270 e. The Kier molecular flexibility index (Phi) is 3.52. The number of nitrogens with two attached hydrogens (primary N) is 1. The smallest absolute Gasteiger partial charge is 0.270 e. The minimum absolute atomic E-state index is 0.144. The Morgan fingerprint density at radius 1 is 1.47 bits per heavy atom. The van der Waals surface area contributed by atoms with Crippen LogP contribution in [0, 0.1) is 6.92 Å². The minimum atomic E-state index is -0.256. The van der Waals surface area contributed by atoms with Gasteiger partial charge in [-0.05, 0) is 24.4 Å². The second-order valence-corrected chi connectivity index (χ2v) is 5.32. The third-order valence-corrected chi connectivity index (χ3v) is 3.51. The Balaban J connectivity index is 2.28. The molecule has 0 radical (unpaired) electrons. The molecule has 0 fully saturated rings. The van der Waals surface area contributed by atoms with Crippen LogP contribution in [0.5, 0.6) is 0 Å². The van der Waals surface area contributed by atoms with Crippen LogP contribution >= 0.6 is 11.5 Å². The number of nitrogen functional groups attached to an aromatic ring is 1. The number of rotatable bonds is 3. The third kappa shape index (κ3) is 2.43. The number of carbonyl (C=O) groups excluding carboxylic acids is 1. The normalized spacial score (nSPS) is 11.0. The molecule has 102 valence electrons. The molecular weight excluding hydrogens is 264 g/mol. The molecule has 0 saturated heterocycles. The highest BCUT2D eigenvalue weighted by Crippen LogP contribution is 2.24. The molecule has 0 aliphatic carbocycles. The number of amides is 1. The van der Waals surface area contributed by atoms with Gasteiger partial charge in [0.15, 0.2) is 5.82 Å². The molecule has 2 heterocycles. The van der Waals surface area contributed by atoms with Crippen LogP contribution in [-0.4, -0.2) is 25.3 Å². The van der Waals surface area contributed by atoms with Gasteiger partial charge in [-0.15, -0.1) is 5.10 Å². The fraction of sp³-hybridized carbons (Fsp3) is 0.455. The van der Waals surface area contributed by atoms with Crippen molar-refractivity contribution in [1.29, 1.82) is 0 Å². The van der Waals surface area contributed by atoms with Gasteiger partial charge in [0.05, 0.1) is 17.1 Å². The molecule has 0 atom stereocenters. The van der Waals surface area contributed by atoms with Gasteiger partial charge in [0.2, 0.25) is 0 Å². The van der Waals surface area contributed by atoms with E-state index in [9.17, 15) is 4.79 Å². The first-order chi connectivity index (χ1) is 8.91. The summed E-state index contributed by atoms with van der Waals surface area (Å²) in [4.78, 5) is 12.7. The molecule has 0 saturated carbocycles. The lowest BCUT2D eigenvalue weighted by Gasteiger charge is -2.07. The summed E-state index contributed by atoms with van der Waals surface area (Å²) in [5.41, 5.74) is 7.73. The first-order valence-electron chi connectivity index (χ1n) is 5.84. The molecule has 8 heteroatoms. The standard InChI is InChI=1S/C11H16N6OS/c1-5(2)8-9(19-16-14-8)11(18)13-10-7(12)6(3)15-17(10)4/h5H,12H2,1-4H3,(H,13,18). The van der Waals surface area contributed by atoms with Gasteiger partial charge in [0.1, 0.15) is 4.88 Å². The fourth-order valence-corrected chi connectivity index (χ4v) is 2.43. The molecule has 1 amide bonds. The molecule has 0 unspecified atom stereocenters. The van der Waals surface area contributed by atoms with E-state index in [4.69, 9.17) is 5.73 Å². The molecule has 7 nitrogen and oxygen atoms in total. The van der Waals surface area contributed by atoms with Crippen molar-refractivity contribution >= 4 is 28.9 Å². The summed E-state index contributed by atoms with van der Waals surface area (Å²) in [6, 6.07) is 0.